The Balaban J connectivity index is 2.66. The molecule has 96 valence electrons. The minimum absolute atomic E-state index is 0.527. The average molecular weight is 255 g/mol. The lowest BCUT2D eigenvalue weighted by molar-refractivity contribution is 0.181. The van der Waals surface area contributed by atoms with Crippen LogP contribution < -0.4 is 5.32 Å². The molecule has 0 amide bonds. The molecule has 0 aromatic carbocycles. The van der Waals surface area contributed by atoms with Crippen LogP contribution in [-0.4, -0.2) is 29.9 Å². The minimum Gasteiger partial charge on any atom is -0.378 e. The van der Waals surface area contributed by atoms with Crippen molar-refractivity contribution in [3.63, 3.8) is 0 Å². The summed E-state index contributed by atoms with van der Waals surface area (Å²) in [6, 6.07) is 1.92. The Morgan fingerprint density at radius 3 is 2.76 bits per heavy atom. The highest BCUT2D eigenvalue weighted by Gasteiger charge is 2.04. The fourth-order valence-electron chi connectivity index (χ4n) is 1.35. The summed E-state index contributed by atoms with van der Waals surface area (Å²) in [5, 5.41) is 3.05. The molecule has 0 saturated carbocycles. The van der Waals surface area contributed by atoms with E-state index in [1.54, 1.807) is 7.11 Å². The van der Waals surface area contributed by atoms with Crippen LogP contribution in [0.3, 0.4) is 0 Å². The second-order valence-electron chi connectivity index (χ2n) is 4.25. The number of methoxy groups -OCH3 is 1. The summed E-state index contributed by atoms with van der Waals surface area (Å²) >= 11 is 1.87. The Kier molecular flexibility index (Phi) is 6.29. The molecule has 1 aromatic heterocycles. The average Bonchev–Trinajstić information content (AvgIpc) is 2.28. The van der Waals surface area contributed by atoms with Gasteiger partial charge < -0.3 is 10.1 Å². The van der Waals surface area contributed by atoms with Crippen LogP contribution in [0.4, 0.5) is 5.82 Å². The molecular weight excluding hydrogens is 234 g/mol. The zero-order chi connectivity index (χ0) is 12.7. The number of aromatic nitrogens is 2. The lowest BCUT2D eigenvalue weighted by atomic mass is 10.3. The monoisotopic (exact) mass is 255 g/mol. The van der Waals surface area contributed by atoms with E-state index in [-0.39, 0.29) is 0 Å². The van der Waals surface area contributed by atoms with Crippen LogP contribution >= 0.6 is 11.8 Å². The first-order valence-electron chi connectivity index (χ1n) is 5.77. The van der Waals surface area contributed by atoms with Crippen molar-refractivity contribution in [1.82, 2.24) is 9.97 Å². The van der Waals surface area contributed by atoms with Crippen LogP contribution in [0.25, 0.3) is 0 Å². The summed E-state index contributed by atoms with van der Waals surface area (Å²) in [4.78, 5) is 8.90. The maximum atomic E-state index is 5.10. The molecule has 17 heavy (non-hydrogen) atoms. The fraction of sp³-hybridized carbons (Fsp3) is 0.667. The van der Waals surface area contributed by atoms with Gasteiger partial charge in [0.1, 0.15) is 11.6 Å². The zero-order valence-corrected chi connectivity index (χ0v) is 11.8. The molecule has 5 heteroatoms. The van der Waals surface area contributed by atoms with Gasteiger partial charge in [-0.05, 0) is 11.7 Å². The molecule has 0 atom stereocenters. The largest absolute Gasteiger partial charge is 0.378 e. The first-order chi connectivity index (χ1) is 8.15. The lowest BCUT2D eigenvalue weighted by Gasteiger charge is -2.08. The number of nitrogens with zero attached hydrogens (tertiary/aromatic N) is 2. The van der Waals surface area contributed by atoms with Gasteiger partial charge in [-0.25, -0.2) is 9.97 Å². The summed E-state index contributed by atoms with van der Waals surface area (Å²) in [5.74, 6) is 4.41. The Morgan fingerprint density at radius 2 is 2.18 bits per heavy atom. The number of rotatable bonds is 7. The van der Waals surface area contributed by atoms with E-state index < -0.39 is 0 Å². The van der Waals surface area contributed by atoms with Gasteiger partial charge in [0.05, 0.1) is 18.1 Å². The number of hydrogen-bond donors (Lipinski definition) is 1. The summed E-state index contributed by atoms with van der Waals surface area (Å²) in [6.45, 7) is 4.96. The van der Waals surface area contributed by atoms with Crippen LogP contribution in [0.1, 0.15) is 25.4 Å². The minimum atomic E-state index is 0.527. The van der Waals surface area contributed by atoms with Crippen molar-refractivity contribution in [2.24, 2.45) is 5.92 Å². The van der Waals surface area contributed by atoms with Gasteiger partial charge in [-0.1, -0.05) is 13.8 Å². The molecule has 1 aromatic rings. The maximum absolute atomic E-state index is 5.10. The van der Waals surface area contributed by atoms with E-state index in [0.717, 1.165) is 28.8 Å². The molecule has 0 radical (unpaired) electrons. The van der Waals surface area contributed by atoms with E-state index in [0.29, 0.717) is 12.5 Å². The second-order valence-corrected chi connectivity index (χ2v) is 5.28. The molecule has 1 rings (SSSR count). The number of thioether (sulfide) groups is 1. The molecular formula is C12H21N3OS. The third-order valence-corrected chi connectivity index (χ3v) is 3.42. The van der Waals surface area contributed by atoms with E-state index in [1.807, 2.05) is 24.9 Å². The van der Waals surface area contributed by atoms with Gasteiger partial charge in [0.15, 0.2) is 0 Å². The molecule has 0 aliphatic rings. The number of ether oxygens (including phenoxy) is 1. The Labute approximate surface area is 108 Å². The predicted molar refractivity (Wildman–Crippen MR) is 73.3 cm³/mol. The first-order valence-corrected chi connectivity index (χ1v) is 6.92. The smallest absolute Gasteiger partial charge is 0.140 e. The van der Waals surface area contributed by atoms with Gasteiger partial charge in [0.25, 0.3) is 0 Å². The van der Waals surface area contributed by atoms with Gasteiger partial charge in [-0.2, -0.15) is 11.8 Å². The standard InChI is InChI=1S/C12H21N3OS/c1-9(2)7-17-8-12-14-10(6-16-4)5-11(13-3)15-12/h5,9H,6-8H2,1-4H3,(H,13,14,15). The third-order valence-electron chi connectivity index (χ3n) is 2.06. The SMILES string of the molecule is CNc1cc(COC)nc(CSCC(C)C)n1. The van der Waals surface area contributed by atoms with E-state index in [2.05, 4.69) is 29.1 Å². The van der Waals surface area contributed by atoms with E-state index in [9.17, 15) is 0 Å². The number of nitrogens with one attached hydrogen (secondary N) is 1. The van der Waals surface area contributed by atoms with Crippen molar-refractivity contribution in [2.45, 2.75) is 26.2 Å². The third kappa shape index (κ3) is 5.37. The normalized spacial score (nSPS) is 10.9. The van der Waals surface area contributed by atoms with Crippen molar-refractivity contribution in [1.29, 1.82) is 0 Å². The van der Waals surface area contributed by atoms with Crippen molar-refractivity contribution >= 4 is 17.6 Å². The topological polar surface area (TPSA) is 47.0 Å². The van der Waals surface area contributed by atoms with E-state index in [4.69, 9.17) is 4.74 Å². The van der Waals surface area contributed by atoms with Crippen molar-refractivity contribution in [2.75, 3.05) is 25.2 Å². The predicted octanol–water partition coefficient (Wildman–Crippen LogP) is 2.55. The molecule has 0 fully saturated rings. The molecule has 0 bridgehead atoms. The Hall–Kier alpha value is -0.810. The highest BCUT2D eigenvalue weighted by atomic mass is 32.2. The summed E-state index contributed by atoms with van der Waals surface area (Å²) in [5.41, 5.74) is 0.923. The maximum Gasteiger partial charge on any atom is 0.140 e. The zero-order valence-electron chi connectivity index (χ0n) is 11.0. The van der Waals surface area contributed by atoms with Crippen LogP contribution in [0.5, 0.6) is 0 Å². The highest BCUT2D eigenvalue weighted by Crippen LogP contribution is 2.15. The molecule has 4 nitrogen and oxygen atoms in total. The van der Waals surface area contributed by atoms with Crippen molar-refractivity contribution < 1.29 is 4.74 Å². The van der Waals surface area contributed by atoms with E-state index >= 15 is 0 Å². The molecule has 0 saturated heterocycles. The van der Waals surface area contributed by atoms with Crippen LogP contribution in [0.15, 0.2) is 6.07 Å². The molecule has 1 heterocycles. The Morgan fingerprint density at radius 1 is 1.41 bits per heavy atom. The van der Waals surface area contributed by atoms with Gasteiger partial charge in [-0.3, -0.25) is 0 Å². The van der Waals surface area contributed by atoms with Gasteiger partial charge in [0.2, 0.25) is 0 Å². The summed E-state index contributed by atoms with van der Waals surface area (Å²) < 4.78 is 5.10. The number of anilines is 1. The van der Waals surface area contributed by atoms with Gasteiger partial charge >= 0.3 is 0 Å². The van der Waals surface area contributed by atoms with Crippen LogP contribution in [0, 0.1) is 5.92 Å². The summed E-state index contributed by atoms with van der Waals surface area (Å²) in [7, 11) is 3.54. The van der Waals surface area contributed by atoms with Crippen LogP contribution in [0.2, 0.25) is 0 Å². The van der Waals surface area contributed by atoms with Gasteiger partial charge in [-0.15, -0.1) is 0 Å². The molecule has 1 N–H and O–H groups in total. The number of hydrogen-bond acceptors (Lipinski definition) is 5. The first kappa shape index (κ1) is 14.3. The molecule has 0 aliphatic heterocycles. The fourth-order valence-corrected chi connectivity index (χ4v) is 2.25. The highest BCUT2D eigenvalue weighted by molar-refractivity contribution is 7.98. The quantitative estimate of drug-likeness (QED) is 0.811. The van der Waals surface area contributed by atoms with Gasteiger partial charge in [0, 0.05) is 20.2 Å². The second kappa shape index (κ2) is 7.50. The Bertz CT molecular complexity index is 345. The van der Waals surface area contributed by atoms with E-state index in [1.165, 1.54) is 0 Å². The molecule has 0 spiro atoms. The lowest BCUT2D eigenvalue weighted by Crippen LogP contribution is -2.04. The van der Waals surface area contributed by atoms with Crippen molar-refractivity contribution in [3.05, 3.63) is 17.6 Å². The van der Waals surface area contributed by atoms with Crippen molar-refractivity contribution in [3.8, 4) is 0 Å². The molecule has 0 unspecified atom stereocenters. The summed E-state index contributed by atoms with van der Waals surface area (Å²) in [6.07, 6.45) is 0. The van der Waals surface area contributed by atoms with Crippen LogP contribution in [-0.2, 0) is 17.1 Å². The molecule has 0 aliphatic carbocycles.